The molecule has 1 aromatic heterocycles. The number of benzene rings is 1. The van der Waals surface area contributed by atoms with Gasteiger partial charge in [-0.15, -0.1) is 0 Å². The first-order chi connectivity index (χ1) is 12.0. The Morgan fingerprint density at radius 3 is 2.60 bits per heavy atom. The second kappa shape index (κ2) is 9.29. The number of nitro benzene ring substituents is 1. The molecule has 0 radical (unpaired) electrons. The molecule has 1 amide bonds. The summed E-state index contributed by atoms with van der Waals surface area (Å²) in [6.07, 6.45) is 0.994. The van der Waals surface area contributed by atoms with E-state index in [4.69, 9.17) is 0 Å². The Bertz CT molecular complexity index is 686. The van der Waals surface area contributed by atoms with Gasteiger partial charge in [-0.2, -0.15) is 11.3 Å². The lowest BCUT2D eigenvalue weighted by molar-refractivity contribution is -0.384. The molecule has 25 heavy (non-hydrogen) atoms. The number of nitro groups is 1. The maximum atomic E-state index is 12.1. The summed E-state index contributed by atoms with van der Waals surface area (Å²) in [7, 11) is 0. The largest absolute Gasteiger partial charge is 0.351 e. The van der Waals surface area contributed by atoms with Gasteiger partial charge in [0.05, 0.1) is 4.92 Å². The first kappa shape index (κ1) is 19.1. The maximum Gasteiger partial charge on any atom is 0.269 e. The number of rotatable bonds is 9. The van der Waals surface area contributed by atoms with Gasteiger partial charge in [0.25, 0.3) is 11.6 Å². The van der Waals surface area contributed by atoms with Gasteiger partial charge in [0.2, 0.25) is 0 Å². The second-order valence-electron chi connectivity index (χ2n) is 5.87. The smallest absolute Gasteiger partial charge is 0.269 e. The standard InChI is InChI=1S/C18H23N3O3S/c1-3-20(14(2)12-15-8-11-25-13-15)10-9-19-18(22)16-4-6-17(7-5-16)21(23)24/h4-8,11,13-14H,3,9-10,12H2,1-2H3,(H,19,22). The van der Waals surface area contributed by atoms with Gasteiger partial charge in [0.1, 0.15) is 0 Å². The fraction of sp³-hybridized carbons (Fsp3) is 0.389. The van der Waals surface area contributed by atoms with E-state index in [0.717, 1.165) is 19.5 Å². The molecule has 0 bridgehead atoms. The average Bonchev–Trinajstić information content (AvgIpc) is 3.11. The molecule has 7 heteroatoms. The Balaban J connectivity index is 1.81. The van der Waals surface area contributed by atoms with Crippen LogP contribution in [0, 0.1) is 10.1 Å². The van der Waals surface area contributed by atoms with Crippen molar-refractivity contribution in [3.05, 3.63) is 62.3 Å². The SMILES string of the molecule is CCN(CCNC(=O)c1ccc([N+](=O)[O-])cc1)C(C)Cc1ccsc1. The highest BCUT2D eigenvalue weighted by Crippen LogP contribution is 2.13. The number of hydrogen-bond donors (Lipinski definition) is 1. The van der Waals surface area contributed by atoms with E-state index in [-0.39, 0.29) is 11.6 Å². The predicted molar refractivity (Wildman–Crippen MR) is 100 cm³/mol. The molecule has 2 rings (SSSR count). The summed E-state index contributed by atoms with van der Waals surface area (Å²) in [5.74, 6) is -0.212. The van der Waals surface area contributed by atoms with Crippen molar-refractivity contribution in [3.8, 4) is 0 Å². The van der Waals surface area contributed by atoms with E-state index in [2.05, 4.69) is 40.9 Å². The van der Waals surface area contributed by atoms with Crippen LogP contribution in [-0.4, -0.2) is 41.4 Å². The molecule has 1 N–H and O–H groups in total. The molecule has 134 valence electrons. The van der Waals surface area contributed by atoms with Gasteiger partial charge in [-0.3, -0.25) is 19.8 Å². The maximum absolute atomic E-state index is 12.1. The highest BCUT2D eigenvalue weighted by molar-refractivity contribution is 7.07. The monoisotopic (exact) mass is 361 g/mol. The van der Waals surface area contributed by atoms with Crippen LogP contribution < -0.4 is 5.32 Å². The molecule has 0 aliphatic rings. The molecule has 1 aromatic carbocycles. The fourth-order valence-electron chi connectivity index (χ4n) is 2.72. The van der Waals surface area contributed by atoms with Gasteiger partial charge in [-0.25, -0.2) is 0 Å². The summed E-state index contributed by atoms with van der Waals surface area (Å²) < 4.78 is 0. The van der Waals surface area contributed by atoms with Crippen molar-refractivity contribution in [2.45, 2.75) is 26.3 Å². The number of thiophene rings is 1. The fourth-order valence-corrected chi connectivity index (χ4v) is 3.40. The van der Waals surface area contributed by atoms with Crippen LogP contribution in [0.2, 0.25) is 0 Å². The van der Waals surface area contributed by atoms with E-state index in [1.54, 1.807) is 11.3 Å². The Morgan fingerprint density at radius 1 is 1.32 bits per heavy atom. The third-order valence-electron chi connectivity index (χ3n) is 4.17. The number of nitrogens with zero attached hydrogens (tertiary/aromatic N) is 2. The molecule has 0 fully saturated rings. The Morgan fingerprint density at radius 2 is 2.04 bits per heavy atom. The molecular weight excluding hydrogens is 338 g/mol. The molecule has 1 heterocycles. The minimum Gasteiger partial charge on any atom is -0.351 e. The predicted octanol–water partition coefficient (Wildman–Crippen LogP) is 3.34. The van der Waals surface area contributed by atoms with Gasteiger partial charge in [0.15, 0.2) is 0 Å². The van der Waals surface area contributed by atoms with Gasteiger partial charge >= 0.3 is 0 Å². The quantitative estimate of drug-likeness (QED) is 0.549. The summed E-state index contributed by atoms with van der Waals surface area (Å²) in [5, 5.41) is 17.8. The zero-order valence-electron chi connectivity index (χ0n) is 14.5. The molecule has 0 saturated heterocycles. The second-order valence-corrected chi connectivity index (χ2v) is 6.65. The minimum absolute atomic E-state index is 0.0176. The lowest BCUT2D eigenvalue weighted by atomic mass is 10.1. The van der Waals surface area contributed by atoms with Crippen molar-refractivity contribution in [3.63, 3.8) is 0 Å². The minimum atomic E-state index is -0.477. The highest BCUT2D eigenvalue weighted by atomic mass is 32.1. The Labute approximate surface area is 151 Å². The zero-order valence-corrected chi connectivity index (χ0v) is 15.3. The van der Waals surface area contributed by atoms with E-state index in [0.29, 0.717) is 18.2 Å². The molecule has 1 unspecified atom stereocenters. The number of amides is 1. The topological polar surface area (TPSA) is 75.5 Å². The summed E-state index contributed by atoms with van der Waals surface area (Å²) in [6.45, 7) is 6.53. The number of non-ortho nitro benzene ring substituents is 1. The molecule has 0 aliphatic heterocycles. The molecule has 0 saturated carbocycles. The summed E-state index contributed by atoms with van der Waals surface area (Å²) in [5.41, 5.74) is 1.75. The van der Waals surface area contributed by atoms with Crippen LogP contribution in [0.5, 0.6) is 0 Å². The summed E-state index contributed by atoms with van der Waals surface area (Å²) in [6, 6.07) is 8.18. The first-order valence-corrected chi connectivity index (χ1v) is 9.23. The van der Waals surface area contributed by atoms with Gasteiger partial charge < -0.3 is 5.32 Å². The lowest BCUT2D eigenvalue weighted by Gasteiger charge is -2.27. The number of likely N-dealkylation sites (N-methyl/N-ethyl adjacent to an activating group) is 1. The van der Waals surface area contributed by atoms with Crippen LogP contribution in [0.25, 0.3) is 0 Å². The summed E-state index contributed by atoms with van der Waals surface area (Å²) >= 11 is 1.71. The van der Waals surface area contributed by atoms with Crippen LogP contribution >= 0.6 is 11.3 Å². The van der Waals surface area contributed by atoms with Crippen molar-refractivity contribution in [1.29, 1.82) is 0 Å². The number of carbonyl (C=O) groups excluding carboxylic acids is 1. The molecular formula is C18H23N3O3S. The van der Waals surface area contributed by atoms with Gasteiger partial charge in [0, 0.05) is 36.8 Å². The van der Waals surface area contributed by atoms with Crippen molar-refractivity contribution >= 4 is 22.9 Å². The lowest BCUT2D eigenvalue weighted by Crippen LogP contribution is -2.40. The van der Waals surface area contributed by atoms with Crippen molar-refractivity contribution < 1.29 is 9.72 Å². The molecule has 2 aromatic rings. The van der Waals surface area contributed by atoms with Crippen LogP contribution in [0.15, 0.2) is 41.1 Å². The van der Waals surface area contributed by atoms with Crippen molar-refractivity contribution in [2.75, 3.05) is 19.6 Å². The van der Waals surface area contributed by atoms with Crippen molar-refractivity contribution in [1.82, 2.24) is 10.2 Å². The molecule has 0 spiro atoms. The summed E-state index contributed by atoms with van der Waals surface area (Å²) in [4.78, 5) is 24.6. The van der Waals surface area contributed by atoms with Gasteiger partial charge in [-0.1, -0.05) is 6.92 Å². The van der Waals surface area contributed by atoms with E-state index in [9.17, 15) is 14.9 Å². The zero-order chi connectivity index (χ0) is 18.2. The Hall–Kier alpha value is -2.25. The van der Waals surface area contributed by atoms with E-state index < -0.39 is 4.92 Å². The van der Waals surface area contributed by atoms with E-state index >= 15 is 0 Å². The van der Waals surface area contributed by atoms with Gasteiger partial charge in [-0.05, 0) is 54.4 Å². The van der Waals surface area contributed by atoms with Crippen LogP contribution in [0.3, 0.4) is 0 Å². The first-order valence-electron chi connectivity index (χ1n) is 8.29. The van der Waals surface area contributed by atoms with E-state index in [1.807, 2.05) is 0 Å². The van der Waals surface area contributed by atoms with Crippen LogP contribution in [-0.2, 0) is 6.42 Å². The average molecular weight is 361 g/mol. The number of nitrogens with one attached hydrogen (secondary N) is 1. The molecule has 1 atom stereocenters. The number of hydrogen-bond acceptors (Lipinski definition) is 5. The number of carbonyl (C=O) groups is 1. The van der Waals surface area contributed by atoms with E-state index in [1.165, 1.54) is 29.8 Å². The van der Waals surface area contributed by atoms with Crippen molar-refractivity contribution in [2.24, 2.45) is 0 Å². The third kappa shape index (κ3) is 5.65. The van der Waals surface area contributed by atoms with Crippen LogP contribution in [0.4, 0.5) is 5.69 Å². The van der Waals surface area contributed by atoms with Crippen LogP contribution in [0.1, 0.15) is 29.8 Å². The molecule has 6 nitrogen and oxygen atoms in total. The normalized spacial score (nSPS) is 12.1. The Kier molecular flexibility index (Phi) is 7.09. The third-order valence-corrected chi connectivity index (χ3v) is 4.90. The molecule has 0 aliphatic carbocycles. The highest BCUT2D eigenvalue weighted by Gasteiger charge is 2.14.